The second kappa shape index (κ2) is 14.5. The molecule has 9 aromatic carbocycles. The summed E-state index contributed by atoms with van der Waals surface area (Å²) in [6.45, 7) is 14.4. The molecule has 0 radical (unpaired) electrons. The third kappa shape index (κ3) is 6.29. The summed E-state index contributed by atoms with van der Waals surface area (Å²) in [5.41, 5.74) is 19.5. The third-order valence-corrected chi connectivity index (χ3v) is 15.7. The Labute approximate surface area is 381 Å². The molecule has 2 nitrogen and oxygen atoms in total. The Hall–Kier alpha value is -6.62. The molecule has 12 rings (SSSR count). The van der Waals surface area contributed by atoms with Crippen molar-refractivity contribution in [3.05, 3.63) is 186 Å². The molecule has 0 spiro atoms. The predicted octanol–water partition coefficient (Wildman–Crippen LogP) is 15.6. The van der Waals surface area contributed by atoms with Gasteiger partial charge in [-0.15, -0.1) is 11.3 Å². The standard InChI is InChI=1S/C60H51BN2S/c1-36-28-46(56-50(62-44-22-20-39(21-23-44)38-14-8-7-9-15-38)24-25-54-57(56)45-31-40-16-10-13-19-43(40)34-55(45)64-54)58-53(29-36)63(52-33-42-18-12-11-17-41(42)32-49(52)61-58)51-35-48-47(30-37(51)2)59(3,4)26-27-60(48,5)6/h7-25,28-35,61-62H,26-27H2,1-6H3. The molecule has 0 fully saturated rings. The van der Waals surface area contributed by atoms with Crippen LogP contribution in [-0.2, 0) is 10.8 Å². The van der Waals surface area contributed by atoms with Crippen LogP contribution < -0.4 is 21.1 Å². The molecule has 1 N–H and O–H groups in total. The van der Waals surface area contributed by atoms with Crippen LogP contribution in [0.4, 0.5) is 28.4 Å². The smallest absolute Gasteiger partial charge is 0.198 e. The van der Waals surface area contributed by atoms with E-state index >= 15 is 0 Å². The predicted molar refractivity (Wildman–Crippen MR) is 281 cm³/mol. The molecule has 0 saturated carbocycles. The molecule has 310 valence electrons. The molecule has 2 aliphatic rings. The first kappa shape index (κ1) is 39.0. The lowest BCUT2D eigenvalue weighted by Crippen LogP contribution is -2.41. The maximum atomic E-state index is 4.00. The number of rotatable bonds is 5. The quantitative estimate of drug-likeness (QED) is 0.174. The highest BCUT2D eigenvalue weighted by Crippen LogP contribution is 2.51. The van der Waals surface area contributed by atoms with Crippen molar-refractivity contribution in [3.8, 4) is 22.3 Å². The molecule has 0 unspecified atom stereocenters. The first-order chi connectivity index (χ1) is 31.0. The Morgan fingerprint density at radius 2 is 1.17 bits per heavy atom. The fraction of sp³-hybridized carbons (Fsp3) is 0.167. The molecule has 0 amide bonds. The summed E-state index contributed by atoms with van der Waals surface area (Å²) in [6.07, 6.45) is 2.37. The second-order valence-corrected chi connectivity index (χ2v) is 20.9. The zero-order valence-electron chi connectivity index (χ0n) is 37.6. The average Bonchev–Trinajstić information content (AvgIpc) is 3.66. The molecule has 0 atom stereocenters. The van der Waals surface area contributed by atoms with Crippen LogP contribution in [0.25, 0.3) is 64.0 Å². The number of anilines is 5. The zero-order chi connectivity index (χ0) is 43.5. The van der Waals surface area contributed by atoms with E-state index in [0.717, 1.165) is 18.7 Å². The number of nitrogens with one attached hydrogen (secondary N) is 1. The fourth-order valence-corrected chi connectivity index (χ4v) is 12.2. The molecule has 0 bridgehead atoms. The molecular formula is C60H51BN2S. The lowest BCUT2D eigenvalue weighted by Gasteiger charge is -2.44. The van der Waals surface area contributed by atoms with Crippen LogP contribution in [0, 0.1) is 13.8 Å². The summed E-state index contributed by atoms with van der Waals surface area (Å²) in [5.74, 6) is 0. The van der Waals surface area contributed by atoms with E-state index in [-0.39, 0.29) is 10.8 Å². The number of nitrogens with zero attached hydrogens (tertiary/aromatic N) is 1. The highest BCUT2D eigenvalue weighted by Gasteiger charge is 2.39. The van der Waals surface area contributed by atoms with Crippen molar-refractivity contribution in [2.75, 3.05) is 10.2 Å². The van der Waals surface area contributed by atoms with Crippen molar-refractivity contribution in [2.45, 2.75) is 65.2 Å². The van der Waals surface area contributed by atoms with E-state index in [1.165, 1.54) is 127 Å². The van der Waals surface area contributed by atoms with Crippen LogP contribution in [0.2, 0.25) is 0 Å². The molecule has 64 heavy (non-hydrogen) atoms. The van der Waals surface area contributed by atoms with Crippen molar-refractivity contribution >= 4 is 99.7 Å². The highest BCUT2D eigenvalue weighted by atomic mass is 32.1. The van der Waals surface area contributed by atoms with Gasteiger partial charge in [0.1, 0.15) is 0 Å². The molecule has 2 heterocycles. The summed E-state index contributed by atoms with van der Waals surface area (Å²) < 4.78 is 2.62. The van der Waals surface area contributed by atoms with Gasteiger partial charge >= 0.3 is 0 Å². The monoisotopic (exact) mass is 842 g/mol. The van der Waals surface area contributed by atoms with Crippen molar-refractivity contribution in [2.24, 2.45) is 0 Å². The number of aryl methyl sites for hydroxylation is 2. The van der Waals surface area contributed by atoms with Crippen LogP contribution in [-0.4, -0.2) is 7.28 Å². The van der Waals surface area contributed by atoms with E-state index in [1.807, 2.05) is 11.3 Å². The SMILES string of the molecule is Cc1cc(-c2c(Nc3ccc(-c4ccccc4)cc3)ccc3sc4cc5ccccc5cc4c23)c2c(c1)N(c1cc3c(cc1C)C(C)(C)CCC3(C)C)c1cc3ccccc3cc1B2. The normalized spacial score (nSPS) is 14.9. The largest absolute Gasteiger partial charge is 0.355 e. The molecule has 10 aromatic rings. The summed E-state index contributed by atoms with van der Waals surface area (Å²) >= 11 is 1.91. The van der Waals surface area contributed by atoms with Crippen molar-refractivity contribution in [3.63, 3.8) is 0 Å². The van der Waals surface area contributed by atoms with E-state index in [1.54, 1.807) is 0 Å². The van der Waals surface area contributed by atoms with Gasteiger partial charge in [-0.2, -0.15) is 0 Å². The van der Waals surface area contributed by atoms with Gasteiger partial charge in [-0.05, 0) is 158 Å². The topological polar surface area (TPSA) is 15.3 Å². The van der Waals surface area contributed by atoms with Crippen LogP contribution in [0.3, 0.4) is 0 Å². The van der Waals surface area contributed by atoms with Crippen LogP contribution in [0.15, 0.2) is 164 Å². The van der Waals surface area contributed by atoms with E-state index in [4.69, 9.17) is 0 Å². The van der Waals surface area contributed by atoms with Crippen molar-refractivity contribution < 1.29 is 0 Å². The summed E-state index contributed by atoms with van der Waals surface area (Å²) in [5, 5.41) is 11.7. The first-order valence-electron chi connectivity index (χ1n) is 22.9. The number of benzene rings is 9. The fourth-order valence-electron chi connectivity index (χ4n) is 11.0. The molecular weight excluding hydrogens is 792 g/mol. The number of hydrogen-bond acceptors (Lipinski definition) is 3. The first-order valence-corrected chi connectivity index (χ1v) is 23.7. The minimum absolute atomic E-state index is 0.0790. The van der Waals surface area contributed by atoms with Gasteiger partial charge in [-0.25, -0.2) is 0 Å². The second-order valence-electron chi connectivity index (χ2n) is 19.8. The lowest BCUT2D eigenvalue weighted by molar-refractivity contribution is 0.332. The van der Waals surface area contributed by atoms with E-state index in [0.29, 0.717) is 0 Å². The minimum Gasteiger partial charge on any atom is -0.355 e. The van der Waals surface area contributed by atoms with Gasteiger partial charge < -0.3 is 10.2 Å². The van der Waals surface area contributed by atoms with E-state index in [9.17, 15) is 0 Å². The van der Waals surface area contributed by atoms with Crippen LogP contribution in [0.1, 0.15) is 62.8 Å². The third-order valence-electron chi connectivity index (χ3n) is 14.6. The molecule has 1 aliphatic heterocycles. The summed E-state index contributed by atoms with van der Waals surface area (Å²) in [4.78, 5) is 2.64. The molecule has 1 aliphatic carbocycles. The Morgan fingerprint density at radius 1 is 0.547 bits per heavy atom. The molecule has 0 saturated heterocycles. The summed E-state index contributed by atoms with van der Waals surface area (Å²) in [6, 6.07) is 61.7. The minimum atomic E-state index is 0.0790. The Bertz CT molecular complexity index is 3520. The summed E-state index contributed by atoms with van der Waals surface area (Å²) in [7, 11) is 0.830. The van der Waals surface area contributed by atoms with Gasteiger partial charge in [0.05, 0.1) is 0 Å². The molecule has 4 heteroatoms. The van der Waals surface area contributed by atoms with Crippen LogP contribution in [0.5, 0.6) is 0 Å². The Morgan fingerprint density at radius 3 is 1.89 bits per heavy atom. The van der Waals surface area contributed by atoms with Crippen molar-refractivity contribution in [1.29, 1.82) is 0 Å². The lowest BCUT2D eigenvalue weighted by atomic mass is 9.57. The molecule has 1 aromatic heterocycles. The highest BCUT2D eigenvalue weighted by molar-refractivity contribution is 7.26. The van der Waals surface area contributed by atoms with Gasteiger partial charge in [0.2, 0.25) is 0 Å². The Balaban J connectivity index is 1.13. The van der Waals surface area contributed by atoms with E-state index in [2.05, 4.69) is 216 Å². The van der Waals surface area contributed by atoms with Gasteiger partial charge in [0.15, 0.2) is 7.28 Å². The number of fused-ring (bicyclic) bond motifs is 8. The van der Waals surface area contributed by atoms with Gasteiger partial charge in [0, 0.05) is 54.2 Å². The van der Waals surface area contributed by atoms with E-state index < -0.39 is 0 Å². The van der Waals surface area contributed by atoms with Crippen LogP contribution >= 0.6 is 11.3 Å². The van der Waals surface area contributed by atoms with Gasteiger partial charge in [-0.3, -0.25) is 0 Å². The van der Waals surface area contributed by atoms with Gasteiger partial charge in [-0.1, -0.05) is 142 Å². The average molecular weight is 843 g/mol. The number of hydrogen-bond donors (Lipinski definition) is 1. The maximum absolute atomic E-state index is 4.00. The van der Waals surface area contributed by atoms with Crippen molar-refractivity contribution in [1.82, 2.24) is 0 Å². The number of thiophene rings is 1. The maximum Gasteiger partial charge on any atom is 0.198 e. The zero-order valence-corrected chi connectivity index (χ0v) is 38.4. The van der Waals surface area contributed by atoms with Gasteiger partial charge in [0.25, 0.3) is 0 Å². The Kier molecular flexibility index (Phi) is 8.81.